The van der Waals surface area contributed by atoms with Crippen molar-refractivity contribution in [1.29, 1.82) is 0 Å². The fourth-order valence-corrected chi connectivity index (χ4v) is 4.21. The molecule has 8 heteroatoms. The van der Waals surface area contributed by atoms with Crippen LogP contribution in [0.1, 0.15) is 36.7 Å². The average Bonchev–Trinajstić information content (AvgIpc) is 3.20. The van der Waals surface area contributed by atoms with Crippen LogP contribution in [-0.2, 0) is 4.79 Å². The summed E-state index contributed by atoms with van der Waals surface area (Å²) in [5, 5.41) is 4.61. The van der Waals surface area contributed by atoms with E-state index in [1.807, 2.05) is 31.2 Å². The molecule has 0 aliphatic heterocycles. The number of amides is 1. The maximum absolute atomic E-state index is 12.2. The number of hydrazone groups is 1. The lowest BCUT2D eigenvalue weighted by molar-refractivity contribution is -0.123. The van der Waals surface area contributed by atoms with Gasteiger partial charge in [-0.3, -0.25) is 4.79 Å². The van der Waals surface area contributed by atoms with Crippen LogP contribution in [0.4, 0.5) is 0 Å². The van der Waals surface area contributed by atoms with E-state index in [9.17, 15) is 4.79 Å². The topological polar surface area (TPSA) is 63.8 Å². The van der Waals surface area contributed by atoms with E-state index in [0.29, 0.717) is 22.3 Å². The second kappa shape index (κ2) is 10.5. The van der Waals surface area contributed by atoms with Crippen molar-refractivity contribution in [1.82, 2.24) is 5.43 Å². The van der Waals surface area contributed by atoms with E-state index < -0.39 is 0 Å². The van der Waals surface area contributed by atoms with E-state index in [-0.39, 0.29) is 18.4 Å². The van der Waals surface area contributed by atoms with Crippen LogP contribution in [0.15, 0.2) is 60.9 Å². The fraction of sp³-hybridized carbons (Fsp3) is 0.217. The summed E-state index contributed by atoms with van der Waals surface area (Å²) in [5.41, 5.74) is 5.37. The lowest BCUT2D eigenvalue weighted by atomic mass is 10.0. The molecule has 0 spiro atoms. The smallest absolute Gasteiger partial charge is 0.277 e. The van der Waals surface area contributed by atoms with Crippen LogP contribution < -0.4 is 10.2 Å². The minimum atomic E-state index is -0.372. The van der Waals surface area contributed by atoms with Crippen molar-refractivity contribution in [3.63, 3.8) is 0 Å². The number of halogens is 3. The van der Waals surface area contributed by atoms with E-state index >= 15 is 0 Å². The molecule has 2 aromatic carbocycles. The van der Waals surface area contributed by atoms with Crippen molar-refractivity contribution in [3.05, 3.63) is 73.3 Å². The highest BCUT2D eigenvalue weighted by atomic mass is 79.9. The highest BCUT2D eigenvalue weighted by Gasteiger charge is 2.17. The largest absolute Gasteiger partial charge is 0.482 e. The molecule has 0 saturated heterocycles. The third-order valence-electron chi connectivity index (χ3n) is 4.54. The molecule has 0 bridgehead atoms. The van der Waals surface area contributed by atoms with Gasteiger partial charge in [0, 0.05) is 15.1 Å². The van der Waals surface area contributed by atoms with Crippen LogP contribution in [-0.4, -0.2) is 18.7 Å². The zero-order valence-electron chi connectivity index (χ0n) is 17.2. The van der Waals surface area contributed by atoms with Crippen LogP contribution >= 0.6 is 43.5 Å². The van der Waals surface area contributed by atoms with Gasteiger partial charge in [-0.2, -0.15) is 5.10 Å². The van der Waals surface area contributed by atoms with Gasteiger partial charge in [-0.1, -0.05) is 41.4 Å². The summed E-state index contributed by atoms with van der Waals surface area (Å²) in [6, 6.07) is 12.9. The number of hydrogen-bond donors (Lipinski definition) is 1. The van der Waals surface area contributed by atoms with E-state index in [1.54, 1.807) is 18.2 Å². The van der Waals surface area contributed by atoms with Crippen molar-refractivity contribution >= 4 is 55.6 Å². The van der Waals surface area contributed by atoms with Crippen LogP contribution in [0.2, 0.25) is 5.02 Å². The summed E-state index contributed by atoms with van der Waals surface area (Å²) in [6.45, 7) is 5.95. The normalized spacial score (nSPS) is 11.3. The minimum absolute atomic E-state index is 0.162. The van der Waals surface area contributed by atoms with Crippen LogP contribution in [0, 0.1) is 6.92 Å². The van der Waals surface area contributed by atoms with E-state index in [1.165, 1.54) is 6.21 Å². The van der Waals surface area contributed by atoms with Gasteiger partial charge in [-0.05, 0) is 82.4 Å². The second-order valence-electron chi connectivity index (χ2n) is 7.16. The molecule has 3 aromatic rings. The van der Waals surface area contributed by atoms with Gasteiger partial charge in [0.05, 0.1) is 10.7 Å². The Hall–Kier alpha value is -2.09. The molecule has 0 saturated carbocycles. The highest BCUT2D eigenvalue weighted by Crippen LogP contribution is 2.40. The van der Waals surface area contributed by atoms with Crippen LogP contribution in [0.25, 0.3) is 11.3 Å². The first kappa shape index (κ1) is 23.6. The van der Waals surface area contributed by atoms with Gasteiger partial charge >= 0.3 is 0 Å². The molecule has 0 atom stereocenters. The van der Waals surface area contributed by atoms with Crippen molar-refractivity contribution in [2.24, 2.45) is 5.10 Å². The summed E-state index contributed by atoms with van der Waals surface area (Å²) in [7, 11) is 0. The number of nitrogens with one attached hydrogen (secondary N) is 1. The predicted octanol–water partition coefficient (Wildman–Crippen LogP) is 7.09. The third kappa shape index (κ3) is 5.99. The Bertz CT molecular complexity index is 1110. The Kier molecular flexibility index (Phi) is 7.97. The third-order valence-corrected chi connectivity index (χ3v) is 6.57. The van der Waals surface area contributed by atoms with Gasteiger partial charge in [0.2, 0.25) is 0 Å². The average molecular weight is 569 g/mol. The summed E-state index contributed by atoms with van der Waals surface area (Å²) < 4.78 is 13.3. The Morgan fingerprint density at radius 3 is 2.61 bits per heavy atom. The number of rotatable bonds is 7. The minimum Gasteiger partial charge on any atom is -0.482 e. The molecule has 1 amide bonds. The van der Waals surface area contributed by atoms with Gasteiger partial charge in [-0.15, -0.1) is 0 Å². The molecule has 0 radical (unpaired) electrons. The van der Waals surface area contributed by atoms with Crippen molar-refractivity contribution in [2.75, 3.05) is 6.61 Å². The molecule has 1 N–H and O–H groups in total. The standard InChI is InChI=1S/C23H21Br2ClN2O3/c1-13(2)18-10-19(24)14(3)22(25)23(18)30-12-21(29)28-27-11-17-8-9-20(31-17)15-4-6-16(26)7-5-15/h4-11,13H,12H2,1-3H3,(H,28,29). The number of ether oxygens (including phenoxy) is 1. The molecule has 0 fully saturated rings. The molecule has 0 unspecified atom stereocenters. The maximum Gasteiger partial charge on any atom is 0.277 e. The van der Waals surface area contributed by atoms with Crippen molar-refractivity contribution < 1.29 is 13.9 Å². The van der Waals surface area contributed by atoms with Gasteiger partial charge in [0.15, 0.2) is 6.61 Å². The molecule has 0 aliphatic carbocycles. The Morgan fingerprint density at radius 2 is 1.94 bits per heavy atom. The summed E-state index contributed by atoms with van der Waals surface area (Å²) in [4.78, 5) is 12.2. The van der Waals surface area contributed by atoms with E-state index in [2.05, 4.69) is 56.2 Å². The Labute approximate surface area is 203 Å². The number of carbonyl (C=O) groups is 1. The van der Waals surface area contributed by atoms with E-state index in [0.717, 1.165) is 25.6 Å². The second-order valence-corrected chi connectivity index (χ2v) is 9.24. The lowest BCUT2D eigenvalue weighted by Crippen LogP contribution is -2.25. The van der Waals surface area contributed by atoms with Gasteiger partial charge in [-0.25, -0.2) is 5.43 Å². The fourth-order valence-electron chi connectivity index (χ4n) is 2.82. The molecular formula is C23H21Br2ClN2O3. The first-order valence-corrected chi connectivity index (χ1v) is 11.5. The number of furan rings is 1. The van der Waals surface area contributed by atoms with Crippen molar-refractivity contribution in [3.8, 4) is 17.1 Å². The number of benzene rings is 2. The molecule has 1 heterocycles. The molecule has 31 heavy (non-hydrogen) atoms. The lowest BCUT2D eigenvalue weighted by Gasteiger charge is -2.18. The van der Waals surface area contributed by atoms with Gasteiger partial charge < -0.3 is 9.15 Å². The first-order valence-electron chi connectivity index (χ1n) is 9.55. The summed E-state index contributed by atoms with van der Waals surface area (Å²) in [6.07, 6.45) is 1.44. The van der Waals surface area contributed by atoms with Crippen LogP contribution in [0.3, 0.4) is 0 Å². The molecule has 0 aliphatic rings. The molecular weight excluding hydrogens is 548 g/mol. The predicted molar refractivity (Wildman–Crippen MR) is 131 cm³/mol. The SMILES string of the molecule is Cc1c(Br)cc(C(C)C)c(OCC(=O)NN=Cc2ccc(-c3ccc(Cl)cc3)o2)c1Br. The molecule has 5 nitrogen and oxygen atoms in total. The maximum atomic E-state index is 12.2. The van der Waals surface area contributed by atoms with Crippen LogP contribution in [0.5, 0.6) is 5.75 Å². The summed E-state index contributed by atoms with van der Waals surface area (Å²) >= 11 is 13.0. The molecule has 1 aromatic heterocycles. The Balaban J connectivity index is 1.60. The first-order chi connectivity index (χ1) is 14.8. The molecule has 162 valence electrons. The molecule has 3 rings (SSSR count). The van der Waals surface area contributed by atoms with Gasteiger partial charge in [0.1, 0.15) is 17.3 Å². The quantitative estimate of drug-likeness (QED) is 0.245. The Morgan fingerprint density at radius 1 is 1.23 bits per heavy atom. The van der Waals surface area contributed by atoms with Gasteiger partial charge in [0.25, 0.3) is 5.91 Å². The number of carbonyl (C=O) groups excluding carboxylic acids is 1. The zero-order chi connectivity index (χ0) is 22.5. The highest BCUT2D eigenvalue weighted by molar-refractivity contribution is 9.11. The zero-order valence-corrected chi connectivity index (χ0v) is 21.1. The monoisotopic (exact) mass is 566 g/mol. The van der Waals surface area contributed by atoms with Crippen molar-refractivity contribution in [2.45, 2.75) is 26.7 Å². The number of hydrogen-bond acceptors (Lipinski definition) is 4. The summed E-state index contributed by atoms with van der Waals surface area (Å²) in [5.74, 6) is 1.72. The van der Waals surface area contributed by atoms with E-state index in [4.69, 9.17) is 20.8 Å². The number of nitrogens with zero attached hydrogens (tertiary/aromatic N) is 1.